The van der Waals surface area contributed by atoms with Crippen LogP contribution in [-0.4, -0.2) is 0 Å². The topological polar surface area (TPSA) is 12.0 Å². The van der Waals surface area contributed by atoms with Crippen LogP contribution in [0.2, 0.25) is 0 Å². The van der Waals surface area contributed by atoms with Gasteiger partial charge in [-0.05, 0) is 43.4 Å². The molecule has 3 aromatic carbocycles. The Morgan fingerprint density at radius 1 is 0.778 bits per heavy atom. The fourth-order valence-electron chi connectivity index (χ4n) is 2.82. The molecular weight excluding hydrogens is 326 g/mol. The Bertz CT molecular complexity index is 780. The number of hydrogen-bond acceptors (Lipinski definition) is 1. The van der Waals surface area contributed by atoms with Crippen LogP contribution in [0.5, 0.6) is 0 Å². The van der Waals surface area contributed by atoms with Gasteiger partial charge < -0.3 is 5.32 Å². The molecule has 0 bridgehead atoms. The van der Waals surface area contributed by atoms with E-state index in [0.29, 0.717) is 0 Å². The third-order valence-corrected chi connectivity index (χ3v) is 4.56. The van der Waals surface area contributed by atoms with Crippen molar-refractivity contribution in [1.82, 2.24) is 0 Å². The van der Waals surface area contributed by atoms with Crippen molar-refractivity contribution in [3.8, 4) is 0 Å². The molecule has 0 radical (unpaired) electrons. The lowest BCUT2D eigenvalue weighted by Crippen LogP contribution is -2.07. The molecule has 0 spiro atoms. The van der Waals surface area contributed by atoms with E-state index in [-0.39, 0.29) is 6.04 Å². The average Bonchev–Trinajstić information content (AvgIpc) is 2.70. The molecule has 0 aliphatic heterocycles. The highest BCUT2D eigenvalue weighted by molar-refractivity contribution is 5.96. The monoisotopic (exact) mass is 363 g/mol. The molecule has 1 heteroatoms. The Morgan fingerprint density at radius 2 is 1.33 bits per heavy atom. The summed E-state index contributed by atoms with van der Waals surface area (Å²) in [5, 5.41) is 6.27. The molecule has 0 heterocycles. The molecule has 1 nitrogen and oxygen atoms in total. The first-order chi connectivity index (χ1) is 13.1. The van der Waals surface area contributed by atoms with Gasteiger partial charge in [-0.25, -0.2) is 0 Å². The van der Waals surface area contributed by atoms with Gasteiger partial charge in [-0.3, -0.25) is 0 Å². The minimum absolute atomic E-state index is 0.288. The summed E-state index contributed by atoms with van der Waals surface area (Å²) >= 11 is 0. The summed E-state index contributed by atoms with van der Waals surface area (Å²) in [6, 6.07) is 21.9. The number of aryl methyl sites for hydroxylation is 2. The van der Waals surface area contributed by atoms with E-state index in [0.717, 1.165) is 0 Å². The van der Waals surface area contributed by atoms with E-state index < -0.39 is 0 Å². The van der Waals surface area contributed by atoms with Crippen LogP contribution in [0.15, 0.2) is 60.7 Å². The number of hydrogen-bond donors (Lipinski definition) is 1. The lowest BCUT2D eigenvalue weighted by atomic mass is 10.0. The van der Waals surface area contributed by atoms with Gasteiger partial charge in [-0.2, -0.15) is 0 Å². The highest BCUT2D eigenvalue weighted by Crippen LogP contribution is 2.29. The lowest BCUT2D eigenvalue weighted by Gasteiger charge is -2.18. The number of rotatable bonds is 4. The summed E-state index contributed by atoms with van der Waals surface area (Å²) in [4.78, 5) is 0. The third-order valence-electron chi connectivity index (χ3n) is 4.56. The number of fused-ring (bicyclic) bond motifs is 1. The maximum atomic E-state index is 3.66. The second-order valence-electron chi connectivity index (χ2n) is 6.76. The molecule has 0 saturated heterocycles. The van der Waals surface area contributed by atoms with Crippen LogP contribution in [0.25, 0.3) is 10.8 Å². The molecular formula is C26H37N. The number of nitrogens with one attached hydrogen (secondary N) is 1. The summed E-state index contributed by atoms with van der Waals surface area (Å²) in [6.07, 6.45) is 2.64. The van der Waals surface area contributed by atoms with Crippen LogP contribution < -0.4 is 5.32 Å². The molecule has 0 aromatic heterocycles. The van der Waals surface area contributed by atoms with Crippen LogP contribution >= 0.6 is 0 Å². The Hall–Kier alpha value is -2.28. The first-order valence-electron chi connectivity index (χ1n) is 10.4. The molecule has 1 unspecified atom stereocenters. The van der Waals surface area contributed by atoms with Gasteiger partial charge in [-0.1, -0.05) is 101 Å². The van der Waals surface area contributed by atoms with Gasteiger partial charge in [0.2, 0.25) is 0 Å². The largest absolute Gasteiger partial charge is 0.378 e. The third kappa shape index (κ3) is 6.75. The smallest absolute Gasteiger partial charge is 0.0485 e. The molecule has 0 aliphatic rings. The van der Waals surface area contributed by atoms with Crippen molar-refractivity contribution >= 4 is 16.5 Å². The van der Waals surface area contributed by atoms with Gasteiger partial charge >= 0.3 is 0 Å². The maximum Gasteiger partial charge on any atom is 0.0485 e. The average molecular weight is 364 g/mol. The zero-order valence-corrected chi connectivity index (χ0v) is 18.3. The van der Waals surface area contributed by atoms with Crippen LogP contribution in [-0.2, 0) is 0 Å². The Balaban J connectivity index is 0.000000541. The molecule has 3 rings (SSSR count). The zero-order valence-electron chi connectivity index (χ0n) is 18.3. The molecule has 146 valence electrons. The fourth-order valence-corrected chi connectivity index (χ4v) is 2.82. The standard InChI is InChI=1S/C20H21N.C4H10.C2H6/c1-14-10-12-17(13-11-14)16(3)21-19-9-5-8-18-7-4-6-15(2)20(18)19;1-3-4-2;1-2/h4-13,16,21H,1-3H3;3-4H2,1-2H3;1-2H3. The van der Waals surface area contributed by atoms with Gasteiger partial charge in [0.25, 0.3) is 0 Å². The minimum Gasteiger partial charge on any atom is -0.378 e. The van der Waals surface area contributed by atoms with Crippen molar-refractivity contribution in [3.63, 3.8) is 0 Å². The van der Waals surface area contributed by atoms with Crippen molar-refractivity contribution < 1.29 is 0 Å². The Labute approximate surface area is 166 Å². The van der Waals surface area contributed by atoms with Crippen LogP contribution in [0.4, 0.5) is 5.69 Å². The van der Waals surface area contributed by atoms with Crippen LogP contribution in [0.3, 0.4) is 0 Å². The molecule has 27 heavy (non-hydrogen) atoms. The summed E-state index contributed by atoms with van der Waals surface area (Å²) < 4.78 is 0. The van der Waals surface area contributed by atoms with Crippen LogP contribution in [0.1, 0.15) is 70.2 Å². The first-order valence-corrected chi connectivity index (χ1v) is 10.4. The van der Waals surface area contributed by atoms with Crippen molar-refractivity contribution in [1.29, 1.82) is 0 Å². The maximum absolute atomic E-state index is 3.66. The number of unbranched alkanes of at least 4 members (excludes halogenated alkanes) is 1. The van der Waals surface area contributed by atoms with E-state index in [1.807, 2.05) is 13.8 Å². The van der Waals surface area contributed by atoms with Crippen molar-refractivity contribution in [2.75, 3.05) is 5.32 Å². The van der Waals surface area contributed by atoms with Gasteiger partial charge in [0.1, 0.15) is 0 Å². The molecule has 0 fully saturated rings. The molecule has 0 saturated carbocycles. The summed E-state index contributed by atoms with van der Waals surface area (Å²) in [6.45, 7) is 14.9. The van der Waals surface area contributed by atoms with E-state index in [2.05, 4.69) is 101 Å². The number of benzene rings is 3. The normalized spacial score (nSPS) is 10.9. The van der Waals surface area contributed by atoms with E-state index in [1.165, 1.54) is 46.0 Å². The highest BCUT2D eigenvalue weighted by Gasteiger charge is 2.08. The van der Waals surface area contributed by atoms with Gasteiger partial charge in [0.05, 0.1) is 0 Å². The van der Waals surface area contributed by atoms with Crippen LogP contribution in [0, 0.1) is 13.8 Å². The Morgan fingerprint density at radius 3 is 1.89 bits per heavy atom. The van der Waals surface area contributed by atoms with Crippen molar-refractivity contribution in [2.24, 2.45) is 0 Å². The molecule has 1 N–H and O–H groups in total. The zero-order chi connectivity index (χ0) is 20.2. The summed E-state index contributed by atoms with van der Waals surface area (Å²) in [5.74, 6) is 0. The predicted octanol–water partition coefficient (Wildman–Crippen LogP) is 8.46. The summed E-state index contributed by atoms with van der Waals surface area (Å²) in [5.41, 5.74) is 5.13. The van der Waals surface area contributed by atoms with E-state index >= 15 is 0 Å². The van der Waals surface area contributed by atoms with Crippen molar-refractivity contribution in [3.05, 3.63) is 77.4 Å². The quantitative estimate of drug-likeness (QED) is 0.490. The predicted molar refractivity (Wildman–Crippen MR) is 124 cm³/mol. The van der Waals surface area contributed by atoms with Gasteiger partial charge in [0.15, 0.2) is 0 Å². The van der Waals surface area contributed by atoms with Crippen molar-refractivity contribution in [2.45, 2.75) is 67.3 Å². The first kappa shape index (κ1) is 22.8. The minimum atomic E-state index is 0.288. The second kappa shape index (κ2) is 12.2. The van der Waals surface area contributed by atoms with Gasteiger partial charge in [-0.15, -0.1) is 0 Å². The van der Waals surface area contributed by atoms with E-state index in [1.54, 1.807) is 0 Å². The van der Waals surface area contributed by atoms with E-state index in [4.69, 9.17) is 0 Å². The molecule has 0 amide bonds. The lowest BCUT2D eigenvalue weighted by molar-refractivity contribution is 0.886. The number of anilines is 1. The fraction of sp³-hybridized carbons (Fsp3) is 0.385. The van der Waals surface area contributed by atoms with Gasteiger partial charge in [0, 0.05) is 17.1 Å². The summed E-state index contributed by atoms with van der Waals surface area (Å²) in [7, 11) is 0. The molecule has 1 atom stereocenters. The van der Waals surface area contributed by atoms with E-state index in [9.17, 15) is 0 Å². The SMILES string of the molecule is CC.CCCC.Cc1ccc(C(C)Nc2cccc3cccc(C)c23)cc1. The molecule has 0 aliphatic carbocycles. The molecule has 3 aromatic rings. The Kier molecular flexibility index (Phi) is 10.3. The second-order valence-corrected chi connectivity index (χ2v) is 6.76. The highest BCUT2D eigenvalue weighted by atomic mass is 14.9.